The number of hydrogen-bond donors (Lipinski definition) is 3. The molecule has 0 saturated carbocycles. The second-order valence-electron chi connectivity index (χ2n) is 6.86. The normalized spacial score (nSPS) is 20.5. The van der Waals surface area contributed by atoms with Gasteiger partial charge in [-0.1, -0.05) is 11.2 Å². The molecule has 4 heterocycles. The molecule has 1 fully saturated rings. The number of carbonyl (C=O) groups is 3. The van der Waals surface area contributed by atoms with E-state index in [1.165, 1.54) is 23.8 Å². The maximum absolute atomic E-state index is 12.9. The van der Waals surface area contributed by atoms with Crippen molar-refractivity contribution in [2.45, 2.75) is 18.0 Å². The number of carboxylic acids is 1. The predicted octanol–water partition coefficient (Wildman–Crippen LogP) is -0.198. The summed E-state index contributed by atoms with van der Waals surface area (Å²) in [7, 11) is 1.28. The number of anilines is 1. The summed E-state index contributed by atoms with van der Waals surface area (Å²) in [4.78, 5) is 47.6. The average molecular weight is 476 g/mol. The lowest BCUT2D eigenvalue weighted by atomic mass is 10.0. The highest BCUT2D eigenvalue weighted by atomic mass is 32.2. The molecule has 4 N–H and O–H groups in total. The standard InChI is InChI=1S/C19H18N6O5S2/c1-30-23-12(11-9-32-19(20)21-11)15(26)22-13-16(27)25-14(18(28)29)10(8-31-17(13)25)7-24-5-3-2-4-6-24/h2-6,9,13,17H,7-8H2,1H3,(H3-,20,21,22,26,28,29)/p+1/b23-12-/t13?,17-/m1/s1. The van der Waals surface area contributed by atoms with E-state index in [0.717, 1.165) is 11.3 Å². The minimum Gasteiger partial charge on any atom is -0.477 e. The van der Waals surface area contributed by atoms with Crippen molar-refractivity contribution in [1.82, 2.24) is 15.2 Å². The van der Waals surface area contributed by atoms with Gasteiger partial charge in [-0.15, -0.1) is 23.1 Å². The van der Waals surface area contributed by atoms with Crippen molar-refractivity contribution in [2.24, 2.45) is 5.16 Å². The molecule has 32 heavy (non-hydrogen) atoms. The van der Waals surface area contributed by atoms with Gasteiger partial charge in [-0.05, 0) is 0 Å². The van der Waals surface area contributed by atoms with Crippen molar-refractivity contribution >= 4 is 51.7 Å². The molecule has 0 radical (unpaired) electrons. The first-order valence-corrected chi connectivity index (χ1v) is 11.3. The first-order chi connectivity index (χ1) is 15.4. The topological polar surface area (TPSA) is 151 Å². The van der Waals surface area contributed by atoms with E-state index >= 15 is 0 Å². The van der Waals surface area contributed by atoms with Gasteiger partial charge in [0.15, 0.2) is 29.8 Å². The van der Waals surface area contributed by atoms with Crippen LogP contribution in [-0.4, -0.2) is 62.8 Å². The second kappa shape index (κ2) is 8.96. The number of nitrogen functional groups attached to an aromatic ring is 1. The molecule has 4 rings (SSSR count). The molecule has 0 bridgehead atoms. The number of rotatable bonds is 7. The van der Waals surface area contributed by atoms with Crippen molar-refractivity contribution in [1.29, 1.82) is 0 Å². The van der Waals surface area contributed by atoms with Gasteiger partial charge in [-0.2, -0.15) is 0 Å². The van der Waals surface area contributed by atoms with Gasteiger partial charge in [0.25, 0.3) is 11.8 Å². The molecular formula is C19H19N6O5S2+. The molecule has 2 aromatic rings. The largest absolute Gasteiger partial charge is 0.477 e. The molecule has 2 amide bonds. The van der Waals surface area contributed by atoms with Gasteiger partial charge >= 0.3 is 5.97 Å². The molecule has 2 atom stereocenters. The molecule has 0 spiro atoms. The molecular weight excluding hydrogens is 456 g/mol. The summed E-state index contributed by atoms with van der Waals surface area (Å²) in [6.45, 7) is 0.346. The average Bonchev–Trinajstić information content (AvgIpc) is 3.21. The smallest absolute Gasteiger partial charge is 0.352 e. The van der Waals surface area contributed by atoms with Gasteiger partial charge in [0.05, 0.1) is 0 Å². The third-order valence-corrected chi connectivity index (χ3v) is 6.86. The molecule has 1 unspecified atom stereocenters. The van der Waals surface area contributed by atoms with E-state index in [1.807, 2.05) is 35.2 Å². The number of oxime groups is 1. The summed E-state index contributed by atoms with van der Waals surface area (Å²) >= 11 is 2.53. The second-order valence-corrected chi connectivity index (χ2v) is 8.85. The highest BCUT2D eigenvalue weighted by Gasteiger charge is 2.54. The first-order valence-electron chi connectivity index (χ1n) is 9.38. The van der Waals surface area contributed by atoms with Gasteiger partial charge in [0.2, 0.25) is 0 Å². The van der Waals surface area contributed by atoms with Gasteiger partial charge in [-0.25, -0.2) is 14.3 Å². The molecule has 11 nitrogen and oxygen atoms in total. The molecule has 0 aromatic carbocycles. The Hall–Kier alpha value is -3.45. The van der Waals surface area contributed by atoms with E-state index < -0.39 is 29.2 Å². The van der Waals surface area contributed by atoms with Crippen LogP contribution >= 0.6 is 23.1 Å². The number of aliphatic carboxylic acids is 1. The zero-order chi connectivity index (χ0) is 22.8. The number of amides is 2. The van der Waals surface area contributed by atoms with Crippen LogP contribution in [0.15, 0.2) is 52.4 Å². The molecule has 166 valence electrons. The van der Waals surface area contributed by atoms with E-state index in [2.05, 4.69) is 15.5 Å². The van der Waals surface area contributed by atoms with Gasteiger partial charge in [0, 0.05) is 28.8 Å². The number of nitrogens with one attached hydrogen (secondary N) is 1. The number of hydrogen-bond acceptors (Lipinski definition) is 9. The third-order valence-electron chi connectivity index (χ3n) is 4.85. The van der Waals surface area contributed by atoms with Gasteiger partial charge < -0.3 is 21.0 Å². The molecule has 13 heteroatoms. The lowest BCUT2D eigenvalue weighted by Gasteiger charge is -2.49. The number of nitrogens with zero attached hydrogens (tertiary/aromatic N) is 4. The van der Waals surface area contributed by atoms with Crippen LogP contribution in [0.1, 0.15) is 5.69 Å². The van der Waals surface area contributed by atoms with Crippen LogP contribution in [0.5, 0.6) is 0 Å². The minimum atomic E-state index is -1.18. The Morgan fingerprint density at radius 2 is 2.16 bits per heavy atom. The van der Waals surface area contributed by atoms with Crippen LogP contribution in [0.2, 0.25) is 0 Å². The Balaban J connectivity index is 1.53. The highest BCUT2D eigenvalue weighted by Crippen LogP contribution is 2.40. The van der Waals surface area contributed by atoms with Crippen LogP contribution in [0.25, 0.3) is 0 Å². The summed E-state index contributed by atoms with van der Waals surface area (Å²) < 4.78 is 1.84. The fourth-order valence-electron chi connectivity index (χ4n) is 3.47. The van der Waals surface area contributed by atoms with Crippen LogP contribution in [0.4, 0.5) is 5.13 Å². The Kier molecular flexibility index (Phi) is 6.10. The Morgan fingerprint density at radius 3 is 2.78 bits per heavy atom. The van der Waals surface area contributed by atoms with E-state index in [4.69, 9.17) is 10.6 Å². The molecule has 2 aliphatic heterocycles. The van der Waals surface area contributed by atoms with Crippen LogP contribution in [0.3, 0.4) is 0 Å². The minimum absolute atomic E-state index is 0.0429. The first kappa shape index (κ1) is 21.8. The SMILES string of the molecule is CO/N=C(\C(=O)NC1C(=O)N2C(C(=O)O)=C(C[n+]3ccccc3)CS[C@H]12)c1csc(N)n1. The number of β-lactam (4-membered cyclic amide) rings is 1. The van der Waals surface area contributed by atoms with Crippen LogP contribution in [-0.2, 0) is 25.8 Å². The molecule has 1 saturated heterocycles. The number of nitrogens with two attached hydrogens (primary N) is 1. The molecule has 2 aromatic heterocycles. The molecule has 0 aliphatic carbocycles. The summed E-state index contributed by atoms with van der Waals surface area (Å²) in [5, 5.41) is 17.4. The van der Waals surface area contributed by atoms with Crippen molar-refractivity contribution < 1.29 is 28.9 Å². The number of carbonyl (C=O) groups excluding carboxylic acids is 2. The quantitative estimate of drug-likeness (QED) is 0.216. The van der Waals surface area contributed by atoms with Gasteiger partial charge in [-0.3, -0.25) is 14.5 Å². The van der Waals surface area contributed by atoms with E-state index in [9.17, 15) is 19.5 Å². The van der Waals surface area contributed by atoms with Crippen molar-refractivity contribution in [2.75, 3.05) is 18.6 Å². The maximum Gasteiger partial charge on any atom is 0.352 e. The fraction of sp³-hybridized carbons (Fsp3) is 0.263. The summed E-state index contributed by atoms with van der Waals surface area (Å²) in [6.07, 6.45) is 3.65. The van der Waals surface area contributed by atoms with Crippen molar-refractivity contribution in [3.05, 3.63) is 52.9 Å². The number of aromatic nitrogens is 2. The summed E-state index contributed by atoms with van der Waals surface area (Å²) in [6, 6.07) is 4.65. The molecule has 2 aliphatic rings. The fourth-order valence-corrected chi connectivity index (χ4v) is 5.35. The Bertz CT molecular complexity index is 1130. The monoisotopic (exact) mass is 475 g/mol. The summed E-state index contributed by atoms with van der Waals surface area (Å²) in [5.41, 5.74) is 6.30. The van der Waals surface area contributed by atoms with E-state index in [0.29, 0.717) is 17.9 Å². The third kappa shape index (κ3) is 4.03. The number of thiazole rings is 1. The van der Waals surface area contributed by atoms with E-state index in [1.54, 1.807) is 5.38 Å². The predicted molar refractivity (Wildman–Crippen MR) is 116 cm³/mol. The number of carboxylic acid groups (broad SMARTS) is 1. The van der Waals surface area contributed by atoms with Crippen molar-refractivity contribution in [3.63, 3.8) is 0 Å². The number of fused-ring (bicyclic) bond motifs is 1. The summed E-state index contributed by atoms with van der Waals surface area (Å²) in [5.74, 6) is -1.94. The zero-order valence-corrected chi connectivity index (χ0v) is 18.4. The van der Waals surface area contributed by atoms with E-state index in [-0.39, 0.29) is 22.2 Å². The lowest BCUT2D eigenvalue weighted by molar-refractivity contribution is -0.689. The maximum atomic E-state index is 12.9. The Labute approximate surface area is 190 Å². The van der Waals surface area contributed by atoms with Crippen molar-refractivity contribution in [3.8, 4) is 0 Å². The lowest BCUT2D eigenvalue weighted by Crippen LogP contribution is -2.71. The van der Waals surface area contributed by atoms with Crippen LogP contribution < -0.4 is 15.6 Å². The van der Waals surface area contributed by atoms with Crippen LogP contribution in [0, 0.1) is 0 Å². The highest BCUT2D eigenvalue weighted by molar-refractivity contribution is 8.00. The van der Waals surface area contributed by atoms with Gasteiger partial charge in [0.1, 0.15) is 29.9 Å². The zero-order valence-electron chi connectivity index (χ0n) is 16.8. The number of pyridine rings is 1. The Morgan fingerprint density at radius 1 is 1.41 bits per heavy atom. The number of thioether (sulfide) groups is 1.